The number of hydrogen-bond donors (Lipinski definition) is 2. The van der Waals surface area contributed by atoms with Crippen LogP contribution in [0.3, 0.4) is 0 Å². The largest absolute Gasteiger partial charge is 0.359 e. The highest BCUT2D eigenvalue weighted by Crippen LogP contribution is 2.24. The molecule has 1 aliphatic rings. The first-order chi connectivity index (χ1) is 14.8. The third kappa shape index (κ3) is 5.39. The predicted octanol–water partition coefficient (Wildman–Crippen LogP) is -0.231. The first-order valence-electron chi connectivity index (χ1n) is 9.12. The highest BCUT2D eigenvalue weighted by molar-refractivity contribution is 7.89. The van der Waals surface area contributed by atoms with Crippen LogP contribution in [0.4, 0.5) is 5.69 Å². The Bertz CT molecular complexity index is 1060. The molecule has 164 valence electrons. The molecule has 1 aromatic carbocycles. The van der Waals surface area contributed by atoms with Gasteiger partial charge in [-0.15, -0.1) is 0 Å². The molecule has 31 heavy (non-hydrogen) atoms. The van der Waals surface area contributed by atoms with Crippen molar-refractivity contribution in [3.8, 4) is 0 Å². The minimum absolute atomic E-state index is 0.0348. The molecule has 2 aromatic rings. The molecule has 2 heterocycles. The van der Waals surface area contributed by atoms with Gasteiger partial charge >= 0.3 is 11.8 Å². The number of hydrogen-bond acceptors (Lipinski definition) is 8. The maximum Gasteiger partial charge on any atom is 0.309 e. The minimum Gasteiger partial charge on any atom is -0.359 e. The van der Waals surface area contributed by atoms with Crippen molar-refractivity contribution in [2.75, 3.05) is 19.7 Å². The van der Waals surface area contributed by atoms with Gasteiger partial charge in [0.15, 0.2) is 0 Å². The van der Waals surface area contributed by atoms with Crippen molar-refractivity contribution < 1.29 is 27.7 Å². The smallest absolute Gasteiger partial charge is 0.309 e. The molecular formula is C18H19N5O7S. The van der Waals surface area contributed by atoms with E-state index in [-0.39, 0.29) is 36.8 Å². The number of pyridine rings is 1. The molecule has 2 amide bonds. The van der Waals surface area contributed by atoms with E-state index in [0.717, 1.165) is 28.6 Å². The third-order valence-corrected chi connectivity index (χ3v) is 6.32. The van der Waals surface area contributed by atoms with Crippen LogP contribution in [0, 0.1) is 10.1 Å². The van der Waals surface area contributed by atoms with Crippen molar-refractivity contribution in [1.82, 2.24) is 19.9 Å². The Morgan fingerprint density at radius 3 is 2.55 bits per heavy atom. The Morgan fingerprint density at radius 1 is 1.19 bits per heavy atom. The Hall–Kier alpha value is -3.42. The van der Waals surface area contributed by atoms with Gasteiger partial charge in [0.2, 0.25) is 10.0 Å². The van der Waals surface area contributed by atoms with Gasteiger partial charge < -0.3 is 15.4 Å². The summed E-state index contributed by atoms with van der Waals surface area (Å²) in [4.78, 5) is 37.8. The average molecular weight is 449 g/mol. The molecule has 0 saturated carbocycles. The number of amides is 2. The maximum absolute atomic E-state index is 12.8. The maximum atomic E-state index is 12.8. The first kappa shape index (κ1) is 22.3. The van der Waals surface area contributed by atoms with Gasteiger partial charge in [0.05, 0.1) is 23.0 Å². The van der Waals surface area contributed by atoms with Crippen molar-refractivity contribution in [2.24, 2.45) is 0 Å². The summed E-state index contributed by atoms with van der Waals surface area (Å²) in [7, 11) is -4.02. The lowest BCUT2D eigenvalue weighted by molar-refractivity contribution is -0.384. The van der Waals surface area contributed by atoms with Crippen LogP contribution in [0.5, 0.6) is 0 Å². The molecule has 1 atom stereocenters. The number of aromatic nitrogens is 1. The number of sulfonamides is 1. The standard InChI is InChI=1S/C18H19N5O7S/c24-17(20-11-13-2-1-7-19-10-13)18(25)21-12-16-22(8-9-30-16)31(28,29)15-5-3-14(4-6-15)23(26)27/h1-7,10,16H,8-9,11-12H2,(H,20,24)(H,21,25). The number of nitro groups is 1. The lowest BCUT2D eigenvalue weighted by atomic mass is 10.3. The number of nitro benzene ring substituents is 1. The summed E-state index contributed by atoms with van der Waals surface area (Å²) in [5, 5.41) is 15.5. The second kappa shape index (κ2) is 9.59. The Balaban J connectivity index is 1.57. The van der Waals surface area contributed by atoms with E-state index >= 15 is 0 Å². The molecule has 1 aromatic heterocycles. The minimum atomic E-state index is -4.02. The van der Waals surface area contributed by atoms with E-state index in [4.69, 9.17) is 4.74 Å². The number of carbonyl (C=O) groups is 2. The van der Waals surface area contributed by atoms with Crippen molar-refractivity contribution >= 4 is 27.5 Å². The van der Waals surface area contributed by atoms with Gasteiger partial charge in [-0.05, 0) is 23.8 Å². The molecule has 1 aliphatic heterocycles. The van der Waals surface area contributed by atoms with Crippen LogP contribution < -0.4 is 10.6 Å². The Labute approximate surface area is 177 Å². The molecular weight excluding hydrogens is 430 g/mol. The Morgan fingerprint density at radius 2 is 1.90 bits per heavy atom. The van der Waals surface area contributed by atoms with E-state index in [1.54, 1.807) is 24.5 Å². The van der Waals surface area contributed by atoms with Crippen LogP contribution >= 0.6 is 0 Å². The van der Waals surface area contributed by atoms with Crippen LogP contribution in [-0.2, 0) is 30.9 Å². The predicted molar refractivity (Wildman–Crippen MR) is 106 cm³/mol. The number of carbonyl (C=O) groups excluding carboxylic acids is 2. The molecule has 1 saturated heterocycles. The topological polar surface area (TPSA) is 161 Å². The Kier molecular flexibility index (Phi) is 6.89. The SMILES string of the molecule is O=C(NCc1cccnc1)C(=O)NCC1OCCN1S(=O)(=O)c1ccc([N+](=O)[O-])cc1. The molecule has 0 spiro atoms. The summed E-state index contributed by atoms with van der Waals surface area (Å²) < 4.78 is 32.1. The molecule has 3 rings (SSSR count). The summed E-state index contributed by atoms with van der Waals surface area (Å²) in [6.45, 7) is -0.000951. The lowest BCUT2D eigenvalue weighted by Gasteiger charge is -2.22. The number of non-ortho nitro benzene ring substituents is 1. The monoisotopic (exact) mass is 449 g/mol. The van der Waals surface area contributed by atoms with E-state index < -0.39 is 33.0 Å². The molecule has 0 aliphatic carbocycles. The number of benzene rings is 1. The van der Waals surface area contributed by atoms with Gasteiger partial charge in [0, 0.05) is 37.6 Å². The highest BCUT2D eigenvalue weighted by Gasteiger charge is 2.36. The summed E-state index contributed by atoms with van der Waals surface area (Å²) in [6.07, 6.45) is 2.11. The average Bonchev–Trinajstić information content (AvgIpc) is 3.26. The van der Waals surface area contributed by atoms with Crippen LogP contribution in [0.2, 0.25) is 0 Å². The van der Waals surface area contributed by atoms with Crippen molar-refractivity contribution in [1.29, 1.82) is 0 Å². The zero-order valence-corrected chi connectivity index (χ0v) is 16.9. The van der Waals surface area contributed by atoms with E-state index in [1.165, 1.54) is 0 Å². The number of nitrogens with one attached hydrogen (secondary N) is 2. The van der Waals surface area contributed by atoms with E-state index in [9.17, 15) is 28.1 Å². The zero-order valence-electron chi connectivity index (χ0n) is 16.1. The summed E-state index contributed by atoms with van der Waals surface area (Å²) in [5.41, 5.74) is 0.473. The van der Waals surface area contributed by atoms with Crippen LogP contribution in [0.15, 0.2) is 53.7 Å². The van der Waals surface area contributed by atoms with Crippen molar-refractivity contribution in [3.05, 3.63) is 64.5 Å². The van der Waals surface area contributed by atoms with Crippen LogP contribution in [-0.4, -0.2) is 60.4 Å². The second-order valence-electron chi connectivity index (χ2n) is 6.45. The van der Waals surface area contributed by atoms with Gasteiger partial charge in [0.25, 0.3) is 5.69 Å². The van der Waals surface area contributed by atoms with Gasteiger partial charge in [-0.1, -0.05) is 6.07 Å². The molecule has 1 fully saturated rings. The number of rotatable bonds is 7. The first-order valence-corrected chi connectivity index (χ1v) is 10.6. The van der Waals surface area contributed by atoms with Gasteiger partial charge in [-0.25, -0.2) is 8.42 Å². The quantitative estimate of drug-likeness (QED) is 0.333. The lowest BCUT2D eigenvalue weighted by Crippen LogP contribution is -2.47. The fourth-order valence-electron chi connectivity index (χ4n) is 2.84. The fraction of sp³-hybridized carbons (Fsp3) is 0.278. The summed E-state index contributed by atoms with van der Waals surface area (Å²) >= 11 is 0. The van der Waals surface area contributed by atoms with Gasteiger partial charge in [0.1, 0.15) is 6.23 Å². The van der Waals surface area contributed by atoms with Crippen molar-refractivity contribution in [2.45, 2.75) is 17.7 Å². The van der Waals surface area contributed by atoms with E-state index in [0.29, 0.717) is 5.56 Å². The number of nitrogens with zero attached hydrogens (tertiary/aromatic N) is 3. The molecule has 13 heteroatoms. The number of ether oxygens (including phenoxy) is 1. The third-order valence-electron chi connectivity index (χ3n) is 4.42. The molecule has 1 unspecified atom stereocenters. The van der Waals surface area contributed by atoms with Crippen LogP contribution in [0.1, 0.15) is 5.56 Å². The summed E-state index contributed by atoms with van der Waals surface area (Å²) in [5.74, 6) is -1.82. The highest BCUT2D eigenvalue weighted by atomic mass is 32.2. The normalized spacial score (nSPS) is 16.6. The van der Waals surface area contributed by atoms with Crippen LogP contribution in [0.25, 0.3) is 0 Å². The summed E-state index contributed by atoms with van der Waals surface area (Å²) in [6, 6.07) is 7.87. The molecule has 12 nitrogen and oxygen atoms in total. The van der Waals surface area contributed by atoms with Gasteiger partial charge in [-0.3, -0.25) is 24.7 Å². The molecule has 2 N–H and O–H groups in total. The fourth-order valence-corrected chi connectivity index (χ4v) is 4.35. The van der Waals surface area contributed by atoms with E-state index in [1.807, 2.05) is 0 Å². The van der Waals surface area contributed by atoms with Gasteiger partial charge in [-0.2, -0.15) is 4.31 Å². The van der Waals surface area contributed by atoms with Crippen molar-refractivity contribution in [3.63, 3.8) is 0 Å². The van der Waals surface area contributed by atoms with E-state index in [2.05, 4.69) is 15.6 Å². The second-order valence-corrected chi connectivity index (χ2v) is 8.34. The molecule has 0 bridgehead atoms. The zero-order chi connectivity index (χ0) is 22.4. The molecule has 0 radical (unpaired) electrons.